The molecule has 1 aromatic rings. The molecule has 0 spiro atoms. The van der Waals surface area contributed by atoms with Crippen molar-refractivity contribution in [2.45, 2.75) is 32.7 Å². The fourth-order valence-electron chi connectivity index (χ4n) is 1.98. The van der Waals surface area contributed by atoms with Crippen molar-refractivity contribution in [2.75, 3.05) is 31.7 Å². The molecule has 1 aromatic heterocycles. The molecule has 1 aliphatic rings. The van der Waals surface area contributed by atoms with Crippen LogP contribution in [0.4, 0.5) is 5.82 Å². The standard InChI is InChI=1S/C15H25N3O/c1-3-14-8-13(10-16)9-15(17-14)18(2)6-7-19-11-12-4-5-12/h8-9,12H,3-7,10-11,16H2,1-2H3. The summed E-state index contributed by atoms with van der Waals surface area (Å²) < 4.78 is 5.67. The van der Waals surface area contributed by atoms with Crippen LogP contribution in [0.25, 0.3) is 0 Å². The van der Waals surface area contributed by atoms with E-state index in [0.29, 0.717) is 6.54 Å². The average molecular weight is 263 g/mol. The Labute approximate surface area is 116 Å². The molecule has 0 bridgehead atoms. The Balaban J connectivity index is 1.86. The van der Waals surface area contributed by atoms with Gasteiger partial charge in [-0.25, -0.2) is 4.98 Å². The molecule has 0 aliphatic heterocycles. The summed E-state index contributed by atoms with van der Waals surface area (Å²) in [7, 11) is 2.06. The van der Waals surface area contributed by atoms with Gasteiger partial charge in [0, 0.05) is 32.4 Å². The number of nitrogens with zero attached hydrogens (tertiary/aromatic N) is 2. The summed E-state index contributed by atoms with van der Waals surface area (Å²) >= 11 is 0. The summed E-state index contributed by atoms with van der Waals surface area (Å²) in [5.74, 6) is 1.82. The van der Waals surface area contributed by atoms with Crippen molar-refractivity contribution in [3.8, 4) is 0 Å². The van der Waals surface area contributed by atoms with Crippen molar-refractivity contribution in [1.29, 1.82) is 0 Å². The lowest BCUT2D eigenvalue weighted by molar-refractivity contribution is 0.131. The third-order valence-corrected chi connectivity index (χ3v) is 3.54. The number of aryl methyl sites for hydroxylation is 1. The minimum Gasteiger partial charge on any atom is -0.379 e. The van der Waals surface area contributed by atoms with Gasteiger partial charge >= 0.3 is 0 Å². The van der Waals surface area contributed by atoms with Gasteiger partial charge in [-0.05, 0) is 42.9 Å². The number of pyridine rings is 1. The Morgan fingerprint density at radius 3 is 2.84 bits per heavy atom. The highest BCUT2D eigenvalue weighted by Gasteiger charge is 2.21. The van der Waals surface area contributed by atoms with E-state index in [1.807, 2.05) is 0 Å². The Bertz CT molecular complexity index is 382. The smallest absolute Gasteiger partial charge is 0.128 e. The van der Waals surface area contributed by atoms with Crippen molar-refractivity contribution >= 4 is 5.82 Å². The lowest BCUT2D eigenvalue weighted by atomic mass is 10.2. The van der Waals surface area contributed by atoms with E-state index in [2.05, 4.69) is 36.0 Å². The average Bonchev–Trinajstić information content (AvgIpc) is 3.26. The largest absolute Gasteiger partial charge is 0.379 e. The van der Waals surface area contributed by atoms with Crippen LogP contribution in [-0.4, -0.2) is 31.8 Å². The summed E-state index contributed by atoms with van der Waals surface area (Å²) in [4.78, 5) is 6.78. The second kappa shape index (κ2) is 6.87. The highest BCUT2D eigenvalue weighted by molar-refractivity contribution is 5.42. The van der Waals surface area contributed by atoms with Crippen LogP contribution in [0.2, 0.25) is 0 Å². The van der Waals surface area contributed by atoms with E-state index in [0.717, 1.165) is 49.2 Å². The van der Waals surface area contributed by atoms with E-state index in [9.17, 15) is 0 Å². The Hall–Kier alpha value is -1.13. The van der Waals surface area contributed by atoms with Crippen LogP contribution in [0.15, 0.2) is 12.1 Å². The van der Waals surface area contributed by atoms with E-state index in [4.69, 9.17) is 10.5 Å². The van der Waals surface area contributed by atoms with Gasteiger partial charge in [0.1, 0.15) is 5.82 Å². The number of anilines is 1. The molecule has 0 saturated heterocycles. The number of rotatable bonds is 8. The molecule has 1 saturated carbocycles. The van der Waals surface area contributed by atoms with Crippen LogP contribution in [0.5, 0.6) is 0 Å². The van der Waals surface area contributed by atoms with Gasteiger partial charge in [0.2, 0.25) is 0 Å². The van der Waals surface area contributed by atoms with Gasteiger partial charge in [-0.3, -0.25) is 0 Å². The van der Waals surface area contributed by atoms with Gasteiger partial charge in [0.15, 0.2) is 0 Å². The second-order valence-corrected chi connectivity index (χ2v) is 5.32. The SMILES string of the molecule is CCc1cc(CN)cc(N(C)CCOCC2CC2)n1. The normalized spacial score (nSPS) is 14.7. The van der Waals surface area contributed by atoms with Gasteiger partial charge in [0.05, 0.1) is 6.61 Å². The molecule has 2 N–H and O–H groups in total. The first-order chi connectivity index (χ1) is 9.22. The molecule has 1 fully saturated rings. The maximum Gasteiger partial charge on any atom is 0.128 e. The number of likely N-dealkylation sites (N-methyl/N-ethyl adjacent to an activating group) is 1. The van der Waals surface area contributed by atoms with Crippen LogP contribution in [0.3, 0.4) is 0 Å². The van der Waals surface area contributed by atoms with Gasteiger partial charge < -0.3 is 15.4 Å². The maximum atomic E-state index is 5.73. The zero-order chi connectivity index (χ0) is 13.7. The minimum absolute atomic E-state index is 0.564. The highest BCUT2D eigenvalue weighted by atomic mass is 16.5. The number of hydrogen-bond acceptors (Lipinski definition) is 4. The molecule has 4 heteroatoms. The summed E-state index contributed by atoms with van der Waals surface area (Å²) in [5, 5.41) is 0. The van der Waals surface area contributed by atoms with E-state index in [1.165, 1.54) is 12.8 Å². The number of hydrogen-bond donors (Lipinski definition) is 1. The van der Waals surface area contributed by atoms with E-state index >= 15 is 0 Å². The third kappa shape index (κ3) is 4.48. The lowest BCUT2D eigenvalue weighted by Crippen LogP contribution is -2.24. The van der Waals surface area contributed by atoms with Crippen molar-refractivity contribution in [3.63, 3.8) is 0 Å². The third-order valence-electron chi connectivity index (χ3n) is 3.54. The molecular formula is C15H25N3O. The lowest BCUT2D eigenvalue weighted by Gasteiger charge is -2.19. The fourth-order valence-corrected chi connectivity index (χ4v) is 1.98. The summed E-state index contributed by atoms with van der Waals surface area (Å²) in [6.07, 6.45) is 3.62. The number of aromatic nitrogens is 1. The molecule has 0 amide bonds. The summed E-state index contributed by atoms with van der Waals surface area (Å²) in [6, 6.07) is 4.15. The predicted molar refractivity (Wildman–Crippen MR) is 78.3 cm³/mol. The van der Waals surface area contributed by atoms with Crippen LogP contribution in [0.1, 0.15) is 31.0 Å². The first-order valence-corrected chi connectivity index (χ1v) is 7.21. The number of ether oxygens (including phenoxy) is 1. The van der Waals surface area contributed by atoms with E-state index < -0.39 is 0 Å². The van der Waals surface area contributed by atoms with Crippen molar-refractivity contribution < 1.29 is 4.74 Å². The van der Waals surface area contributed by atoms with Gasteiger partial charge in [-0.1, -0.05) is 6.92 Å². The van der Waals surface area contributed by atoms with Crippen LogP contribution >= 0.6 is 0 Å². The van der Waals surface area contributed by atoms with Crippen LogP contribution < -0.4 is 10.6 Å². The zero-order valence-electron chi connectivity index (χ0n) is 12.1. The van der Waals surface area contributed by atoms with Crippen LogP contribution in [0, 0.1) is 5.92 Å². The van der Waals surface area contributed by atoms with Crippen molar-refractivity contribution in [3.05, 3.63) is 23.4 Å². The van der Waals surface area contributed by atoms with Gasteiger partial charge in [-0.15, -0.1) is 0 Å². The molecule has 106 valence electrons. The molecule has 1 aliphatic carbocycles. The van der Waals surface area contributed by atoms with Crippen molar-refractivity contribution in [1.82, 2.24) is 4.98 Å². The highest BCUT2D eigenvalue weighted by Crippen LogP contribution is 2.28. The zero-order valence-corrected chi connectivity index (χ0v) is 12.1. The monoisotopic (exact) mass is 263 g/mol. The number of nitrogens with two attached hydrogens (primary N) is 1. The van der Waals surface area contributed by atoms with E-state index in [1.54, 1.807) is 0 Å². The van der Waals surface area contributed by atoms with Gasteiger partial charge in [0.25, 0.3) is 0 Å². The van der Waals surface area contributed by atoms with Crippen molar-refractivity contribution in [2.24, 2.45) is 11.7 Å². The molecule has 0 atom stereocenters. The molecule has 19 heavy (non-hydrogen) atoms. The quantitative estimate of drug-likeness (QED) is 0.729. The molecule has 0 unspecified atom stereocenters. The van der Waals surface area contributed by atoms with Gasteiger partial charge in [-0.2, -0.15) is 0 Å². The molecule has 4 nitrogen and oxygen atoms in total. The molecular weight excluding hydrogens is 238 g/mol. The fraction of sp³-hybridized carbons (Fsp3) is 0.667. The molecule has 2 rings (SSSR count). The minimum atomic E-state index is 0.564. The first-order valence-electron chi connectivity index (χ1n) is 7.21. The molecule has 0 aromatic carbocycles. The topological polar surface area (TPSA) is 51.4 Å². The maximum absolute atomic E-state index is 5.73. The second-order valence-electron chi connectivity index (χ2n) is 5.32. The molecule has 0 radical (unpaired) electrons. The van der Waals surface area contributed by atoms with Crippen LogP contribution in [-0.2, 0) is 17.7 Å². The first kappa shape index (κ1) is 14.3. The summed E-state index contributed by atoms with van der Waals surface area (Å²) in [6.45, 7) is 5.24. The van der Waals surface area contributed by atoms with E-state index in [-0.39, 0.29) is 0 Å². The Morgan fingerprint density at radius 1 is 1.42 bits per heavy atom. The molecule has 1 heterocycles. The predicted octanol–water partition coefficient (Wildman–Crippen LogP) is 1.97. The summed E-state index contributed by atoms with van der Waals surface area (Å²) in [5.41, 5.74) is 7.98. The Kier molecular flexibility index (Phi) is 5.16. The Morgan fingerprint density at radius 2 is 2.21 bits per heavy atom.